The van der Waals surface area contributed by atoms with Gasteiger partial charge in [-0.2, -0.15) is 11.8 Å². The molecule has 1 aromatic rings. The van der Waals surface area contributed by atoms with Crippen LogP contribution in [0.1, 0.15) is 12.8 Å². The van der Waals surface area contributed by atoms with Crippen LogP contribution in [0.4, 0.5) is 0 Å². The Kier molecular flexibility index (Phi) is 5.69. The van der Waals surface area contributed by atoms with Gasteiger partial charge >= 0.3 is 0 Å². The summed E-state index contributed by atoms with van der Waals surface area (Å²) in [6.07, 6.45) is 2.44. The molecule has 2 rings (SSSR count). The van der Waals surface area contributed by atoms with Crippen LogP contribution in [0.5, 0.6) is 0 Å². The van der Waals surface area contributed by atoms with Crippen LogP contribution in [0.2, 0.25) is 0 Å². The van der Waals surface area contributed by atoms with Gasteiger partial charge in [0.2, 0.25) is 10.0 Å². The molecule has 1 atom stereocenters. The zero-order valence-corrected chi connectivity index (χ0v) is 12.5. The van der Waals surface area contributed by atoms with E-state index in [0.717, 1.165) is 5.75 Å². The van der Waals surface area contributed by atoms with Crippen molar-refractivity contribution in [3.8, 4) is 0 Å². The average molecular weight is 300 g/mol. The quantitative estimate of drug-likeness (QED) is 0.781. The van der Waals surface area contributed by atoms with Crippen molar-refractivity contribution in [1.82, 2.24) is 10.0 Å². The second-order valence-corrected chi connectivity index (χ2v) is 7.50. The molecule has 19 heavy (non-hydrogen) atoms. The molecule has 0 amide bonds. The predicted octanol–water partition coefficient (Wildman–Crippen LogP) is 1.45. The van der Waals surface area contributed by atoms with Gasteiger partial charge in [0.1, 0.15) is 0 Å². The molecule has 0 saturated carbocycles. The summed E-state index contributed by atoms with van der Waals surface area (Å²) in [5.74, 6) is 2.38. The normalized spacial score (nSPS) is 20.3. The van der Waals surface area contributed by atoms with Gasteiger partial charge in [0.25, 0.3) is 0 Å². The molecule has 106 valence electrons. The first-order chi connectivity index (χ1) is 9.18. The fraction of sp³-hybridized carbons (Fsp3) is 0.538. The van der Waals surface area contributed by atoms with Crippen LogP contribution in [0.15, 0.2) is 35.2 Å². The number of benzene rings is 1. The fourth-order valence-corrected chi connectivity index (χ4v) is 4.21. The second kappa shape index (κ2) is 7.28. The number of thioether (sulfide) groups is 1. The summed E-state index contributed by atoms with van der Waals surface area (Å²) in [5.41, 5.74) is 0. The monoisotopic (exact) mass is 300 g/mol. The molecule has 2 N–H and O–H groups in total. The first kappa shape index (κ1) is 14.8. The van der Waals surface area contributed by atoms with Gasteiger partial charge in [-0.15, -0.1) is 0 Å². The maximum atomic E-state index is 11.9. The van der Waals surface area contributed by atoms with Gasteiger partial charge < -0.3 is 5.32 Å². The van der Waals surface area contributed by atoms with Crippen molar-refractivity contribution in [3.05, 3.63) is 30.3 Å². The van der Waals surface area contributed by atoms with Crippen molar-refractivity contribution in [2.75, 3.05) is 24.6 Å². The van der Waals surface area contributed by atoms with Crippen molar-refractivity contribution in [2.45, 2.75) is 23.8 Å². The lowest BCUT2D eigenvalue weighted by molar-refractivity contribution is 0.506. The predicted molar refractivity (Wildman–Crippen MR) is 80.0 cm³/mol. The van der Waals surface area contributed by atoms with E-state index in [0.29, 0.717) is 24.0 Å². The van der Waals surface area contributed by atoms with Crippen molar-refractivity contribution in [3.63, 3.8) is 0 Å². The van der Waals surface area contributed by atoms with E-state index >= 15 is 0 Å². The Labute approximate surface area is 119 Å². The molecule has 1 aromatic carbocycles. The molecule has 1 aliphatic heterocycles. The van der Waals surface area contributed by atoms with Crippen LogP contribution < -0.4 is 10.0 Å². The topological polar surface area (TPSA) is 58.2 Å². The van der Waals surface area contributed by atoms with Gasteiger partial charge in [-0.1, -0.05) is 18.2 Å². The molecule has 6 heteroatoms. The summed E-state index contributed by atoms with van der Waals surface area (Å²) in [4.78, 5) is 0.322. The summed E-state index contributed by atoms with van der Waals surface area (Å²) >= 11 is 1.96. The highest BCUT2D eigenvalue weighted by molar-refractivity contribution is 7.99. The average Bonchev–Trinajstić information content (AvgIpc) is 2.46. The summed E-state index contributed by atoms with van der Waals surface area (Å²) < 4.78 is 26.5. The van der Waals surface area contributed by atoms with Crippen LogP contribution >= 0.6 is 11.8 Å². The largest absolute Gasteiger partial charge is 0.312 e. The lowest BCUT2D eigenvalue weighted by Gasteiger charge is -2.22. The van der Waals surface area contributed by atoms with Gasteiger partial charge in [-0.25, -0.2) is 13.1 Å². The highest BCUT2D eigenvalue weighted by atomic mass is 32.2. The molecule has 1 aliphatic rings. The number of hydrogen-bond donors (Lipinski definition) is 2. The molecule has 1 unspecified atom stereocenters. The number of nitrogens with one attached hydrogen (secondary N) is 2. The fourth-order valence-electron chi connectivity index (χ4n) is 2.05. The molecule has 0 aliphatic carbocycles. The minimum Gasteiger partial charge on any atom is -0.312 e. The highest BCUT2D eigenvalue weighted by Crippen LogP contribution is 2.16. The van der Waals surface area contributed by atoms with E-state index in [-0.39, 0.29) is 0 Å². The minimum absolute atomic E-state index is 0.322. The smallest absolute Gasteiger partial charge is 0.240 e. The first-order valence-corrected chi connectivity index (χ1v) is 9.18. The van der Waals surface area contributed by atoms with Gasteiger partial charge in [-0.05, 0) is 30.7 Å². The zero-order valence-electron chi connectivity index (χ0n) is 10.8. The van der Waals surface area contributed by atoms with Crippen LogP contribution in [0, 0.1) is 0 Å². The van der Waals surface area contributed by atoms with E-state index in [9.17, 15) is 8.42 Å². The third-order valence-corrected chi connectivity index (χ3v) is 5.76. The lowest BCUT2D eigenvalue weighted by atomic mass is 10.2. The van der Waals surface area contributed by atoms with E-state index in [4.69, 9.17) is 0 Å². The summed E-state index contributed by atoms with van der Waals surface area (Å²) in [6.45, 7) is 1.11. The molecule has 4 nitrogen and oxygen atoms in total. The molecule has 0 spiro atoms. The van der Waals surface area contributed by atoms with Gasteiger partial charge in [-0.3, -0.25) is 0 Å². The van der Waals surface area contributed by atoms with E-state index in [1.165, 1.54) is 18.6 Å². The zero-order chi connectivity index (χ0) is 13.6. The third-order valence-electron chi connectivity index (χ3n) is 3.06. The standard InChI is InChI=1S/C13H20N2O2S2/c16-19(17,13-6-2-1-3-7-13)15-9-8-14-12-5-4-10-18-11-12/h1-3,6-7,12,14-15H,4-5,8-11H2. The molecule has 1 heterocycles. The summed E-state index contributed by atoms with van der Waals surface area (Å²) in [5, 5.41) is 3.40. The third kappa shape index (κ3) is 4.80. The van der Waals surface area contributed by atoms with E-state index in [2.05, 4.69) is 10.0 Å². The molecular formula is C13H20N2O2S2. The van der Waals surface area contributed by atoms with Crippen LogP contribution in [0.25, 0.3) is 0 Å². The Hall–Kier alpha value is -0.560. The van der Waals surface area contributed by atoms with E-state index < -0.39 is 10.0 Å². The maximum absolute atomic E-state index is 11.9. The Balaban J connectivity index is 1.73. The van der Waals surface area contributed by atoms with Crippen LogP contribution in [-0.4, -0.2) is 39.1 Å². The van der Waals surface area contributed by atoms with E-state index in [1.807, 2.05) is 11.8 Å². The van der Waals surface area contributed by atoms with Gasteiger partial charge in [0, 0.05) is 24.9 Å². The molecule has 1 saturated heterocycles. The number of sulfonamides is 1. The molecule has 1 fully saturated rings. The maximum Gasteiger partial charge on any atom is 0.240 e. The lowest BCUT2D eigenvalue weighted by Crippen LogP contribution is -2.39. The molecule has 0 aromatic heterocycles. The summed E-state index contributed by atoms with van der Waals surface area (Å²) in [6, 6.07) is 9.00. The van der Waals surface area contributed by atoms with Crippen molar-refractivity contribution in [2.24, 2.45) is 0 Å². The van der Waals surface area contributed by atoms with Gasteiger partial charge in [0.05, 0.1) is 4.90 Å². The molecular weight excluding hydrogens is 280 g/mol. The molecule has 0 radical (unpaired) electrons. The van der Waals surface area contributed by atoms with Crippen molar-refractivity contribution in [1.29, 1.82) is 0 Å². The minimum atomic E-state index is -3.36. The van der Waals surface area contributed by atoms with Crippen molar-refractivity contribution >= 4 is 21.8 Å². The second-order valence-electron chi connectivity index (χ2n) is 4.58. The first-order valence-electron chi connectivity index (χ1n) is 6.54. The Morgan fingerprint density at radius 1 is 1.21 bits per heavy atom. The SMILES string of the molecule is O=S(=O)(NCCNC1CCCSC1)c1ccccc1. The van der Waals surface area contributed by atoms with Crippen molar-refractivity contribution < 1.29 is 8.42 Å². The Bertz CT molecular complexity index is 471. The van der Waals surface area contributed by atoms with Gasteiger partial charge in [0.15, 0.2) is 0 Å². The van der Waals surface area contributed by atoms with E-state index in [1.54, 1.807) is 30.3 Å². The highest BCUT2D eigenvalue weighted by Gasteiger charge is 2.14. The number of rotatable bonds is 6. The summed E-state index contributed by atoms with van der Waals surface area (Å²) in [7, 11) is -3.36. The van der Waals surface area contributed by atoms with Crippen LogP contribution in [-0.2, 0) is 10.0 Å². The van der Waals surface area contributed by atoms with Crippen LogP contribution in [0.3, 0.4) is 0 Å². The molecule has 0 bridgehead atoms. The number of hydrogen-bond acceptors (Lipinski definition) is 4. The Morgan fingerprint density at radius 2 is 2.00 bits per heavy atom. The Morgan fingerprint density at radius 3 is 2.68 bits per heavy atom.